The van der Waals surface area contributed by atoms with Gasteiger partial charge in [-0.25, -0.2) is 4.79 Å². The van der Waals surface area contributed by atoms with E-state index in [0.717, 1.165) is 35.4 Å². The molecule has 0 saturated heterocycles. The Morgan fingerprint density at radius 2 is 2.29 bits per heavy atom. The Morgan fingerprint density at radius 1 is 1.48 bits per heavy atom. The maximum atomic E-state index is 12.3. The number of rotatable bonds is 2. The molecule has 1 aromatic heterocycles. The Balaban J connectivity index is 2.13. The average molecular weight is 305 g/mol. The number of nitrogens with one attached hydrogen (secondary N) is 1. The number of fused-ring (bicyclic) bond motifs is 1. The summed E-state index contributed by atoms with van der Waals surface area (Å²) in [5, 5.41) is 4.83. The van der Waals surface area contributed by atoms with E-state index >= 15 is 0 Å². The fraction of sp³-hybridized carbons (Fsp3) is 0.333. The molecule has 6 heteroatoms. The topological polar surface area (TPSA) is 49.6 Å². The molecule has 1 N–H and O–H groups in total. The predicted octanol–water partition coefficient (Wildman–Crippen LogP) is 2.37. The van der Waals surface area contributed by atoms with Gasteiger partial charge < -0.3 is 10.2 Å². The molecule has 21 heavy (non-hydrogen) atoms. The zero-order valence-electron chi connectivity index (χ0n) is 12.1. The lowest BCUT2D eigenvalue weighted by Gasteiger charge is -2.11. The summed E-state index contributed by atoms with van der Waals surface area (Å²) in [6, 6.07) is 5.53. The number of hydrogen-bond donors (Lipinski definition) is 1. The van der Waals surface area contributed by atoms with Crippen LogP contribution in [0.4, 0.5) is 4.79 Å². The van der Waals surface area contributed by atoms with Crippen molar-refractivity contribution in [3.05, 3.63) is 35.0 Å². The third kappa shape index (κ3) is 2.49. The first-order chi connectivity index (χ1) is 10.1. The summed E-state index contributed by atoms with van der Waals surface area (Å²) in [5.74, 6) is 0.950. The molecule has 2 aromatic rings. The Kier molecular flexibility index (Phi) is 3.59. The van der Waals surface area contributed by atoms with E-state index in [1.54, 1.807) is 23.6 Å². The number of halogens is 1. The minimum Gasteiger partial charge on any atom is -0.372 e. The van der Waals surface area contributed by atoms with Crippen LogP contribution in [0.5, 0.6) is 0 Å². The second-order valence-electron chi connectivity index (χ2n) is 5.27. The van der Waals surface area contributed by atoms with Gasteiger partial charge in [0.15, 0.2) is 0 Å². The van der Waals surface area contributed by atoms with E-state index in [9.17, 15) is 4.79 Å². The van der Waals surface area contributed by atoms with Gasteiger partial charge in [-0.05, 0) is 17.7 Å². The van der Waals surface area contributed by atoms with Gasteiger partial charge in [0.05, 0.1) is 17.1 Å². The Hall–Kier alpha value is -2.01. The fourth-order valence-corrected chi connectivity index (χ4v) is 2.87. The molecule has 1 amide bonds. The van der Waals surface area contributed by atoms with Crippen molar-refractivity contribution < 1.29 is 4.79 Å². The SMILES string of the molecule is CN(C)C(=O)n1cc(CC2=NCCN2)c2c(Cl)cccc21. The van der Waals surface area contributed by atoms with Gasteiger partial charge in [-0.2, -0.15) is 0 Å². The van der Waals surface area contributed by atoms with Crippen LogP contribution in [-0.2, 0) is 6.42 Å². The van der Waals surface area contributed by atoms with Crippen molar-refractivity contribution in [1.82, 2.24) is 14.8 Å². The minimum absolute atomic E-state index is 0.0881. The third-order valence-corrected chi connectivity index (χ3v) is 3.86. The van der Waals surface area contributed by atoms with Crippen molar-refractivity contribution in [2.45, 2.75) is 6.42 Å². The van der Waals surface area contributed by atoms with E-state index in [1.165, 1.54) is 0 Å². The van der Waals surface area contributed by atoms with Crippen LogP contribution >= 0.6 is 11.6 Å². The van der Waals surface area contributed by atoms with E-state index in [2.05, 4.69) is 10.3 Å². The van der Waals surface area contributed by atoms with E-state index in [4.69, 9.17) is 11.6 Å². The van der Waals surface area contributed by atoms with Gasteiger partial charge in [0.2, 0.25) is 0 Å². The molecule has 0 bridgehead atoms. The number of amidine groups is 1. The monoisotopic (exact) mass is 304 g/mol. The highest BCUT2D eigenvalue weighted by atomic mass is 35.5. The van der Waals surface area contributed by atoms with Crippen LogP contribution in [0.2, 0.25) is 5.02 Å². The van der Waals surface area contributed by atoms with E-state index in [1.807, 2.05) is 24.4 Å². The van der Waals surface area contributed by atoms with Crippen LogP contribution in [-0.4, -0.2) is 48.5 Å². The van der Waals surface area contributed by atoms with Crippen LogP contribution < -0.4 is 5.32 Å². The molecule has 1 aromatic carbocycles. The number of benzene rings is 1. The maximum Gasteiger partial charge on any atom is 0.328 e. The minimum atomic E-state index is -0.0881. The molecule has 0 radical (unpaired) electrons. The van der Waals surface area contributed by atoms with Gasteiger partial charge >= 0.3 is 6.03 Å². The standard InChI is InChI=1S/C15H17ClN4O/c1-19(2)15(21)20-9-10(8-13-17-6-7-18-13)14-11(16)4-3-5-12(14)20/h3-5,9H,6-8H2,1-2H3,(H,17,18). The summed E-state index contributed by atoms with van der Waals surface area (Å²) < 4.78 is 1.64. The molecule has 0 unspecified atom stereocenters. The number of amides is 1. The Bertz CT molecular complexity index is 733. The number of carbonyl (C=O) groups excluding carboxylic acids is 1. The zero-order chi connectivity index (χ0) is 15.0. The van der Waals surface area contributed by atoms with E-state index < -0.39 is 0 Å². The van der Waals surface area contributed by atoms with Crippen LogP contribution in [0.15, 0.2) is 29.4 Å². The van der Waals surface area contributed by atoms with Crippen molar-refractivity contribution in [3.63, 3.8) is 0 Å². The highest BCUT2D eigenvalue weighted by Gasteiger charge is 2.18. The quantitative estimate of drug-likeness (QED) is 0.926. The molecular formula is C15H17ClN4O. The first-order valence-electron chi connectivity index (χ1n) is 6.85. The first-order valence-corrected chi connectivity index (χ1v) is 7.23. The van der Waals surface area contributed by atoms with Crippen molar-refractivity contribution in [1.29, 1.82) is 0 Å². The molecule has 0 saturated carbocycles. The lowest BCUT2D eigenvalue weighted by atomic mass is 10.1. The second-order valence-corrected chi connectivity index (χ2v) is 5.67. The molecule has 5 nitrogen and oxygen atoms in total. The average Bonchev–Trinajstić information content (AvgIpc) is 3.07. The molecule has 1 aliphatic heterocycles. The molecule has 0 fully saturated rings. The van der Waals surface area contributed by atoms with Crippen molar-refractivity contribution >= 4 is 34.4 Å². The summed E-state index contributed by atoms with van der Waals surface area (Å²) in [7, 11) is 3.47. The van der Waals surface area contributed by atoms with Gasteiger partial charge in [-0.15, -0.1) is 0 Å². The Morgan fingerprint density at radius 3 is 2.95 bits per heavy atom. The van der Waals surface area contributed by atoms with Gasteiger partial charge in [0.25, 0.3) is 0 Å². The molecule has 1 aliphatic rings. The number of aromatic nitrogens is 1. The highest BCUT2D eigenvalue weighted by molar-refractivity contribution is 6.36. The van der Waals surface area contributed by atoms with Crippen LogP contribution in [0.25, 0.3) is 10.9 Å². The normalized spacial score (nSPS) is 14.1. The molecule has 0 atom stereocenters. The highest BCUT2D eigenvalue weighted by Crippen LogP contribution is 2.29. The van der Waals surface area contributed by atoms with Crippen molar-refractivity contribution in [2.24, 2.45) is 4.99 Å². The second kappa shape index (κ2) is 5.41. The van der Waals surface area contributed by atoms with Gasteiger partial charge in [0.1, 0.15) is 5.84 Å². The fourth-order valence-electron chi connectivity index (χ4n) is 2.57. The number of hydrogen-bond acceptors (Lipinski definition) is 3. The molecule has 3 rings (SSSR count). The lowest BCUT2D eigenvalue weighted by molar-refractivity contribution is 0.220. The van der Waals surface area contributed by atoms with Crippen LogP contribution in [0.1, 0.15) is 5.56 Å². The van der Waals surface area contributed by atoms with Gasteiger partial charge in [-0.1, -0.05) is 17.7 Å². The van der Waals surface area contributed by atoms with Crippen molar-refractivity contribution in [3.8, 4) is 0 Å². The third-order valence-electron chi connectivity index (χ3n) is 3.55. The lowest BCUT2D eigenvalue weighted by Crippen LogP contribution is -2.26. The number of carbonyl (C=O) groups is 1. The number of nitrogens with zero attached hydrogens (tertiary/aromatic N) is 3. The van der Waals surface area contributed by atoms with Gasteiger partial charge in [-0.3, -0.25) is 9.56 Å². The summed E-state index contributed by atoms with van der Waals surface area (Å²) in [4.78, 5) is 18.3. The van der Waals surface area contributed by atoms with E-state index in [0.29, 0.717) is 11.4 Å². The Labute approximate surface area is 128 Å². The summed E-state index contributed by atoms with van der Waals surface area (Å²) in [5.41, 5.74) is 1.84. The van der Waals surface area contributed by atoms with E-state index in [-0.39, 0.29) is 6.03 Å². The smallest absolute Gasteiger partial charge is 0.328 e. The molecule has 0 aliphatic carbocycles. The summed E-state index contributed by atoms with van der Waals surface area (Å²) in [6.45, 7) is 1.68. The predicted molar refractivity (Wildman–Crippen MR) is 85.4 cm³/mol. The molecular weight excluding hydrogens is 288 g/mol. The summed E-state index contributed by atoms with van der Waals surface area (Å²) >= 11 is 6.35. The molecule has 0 spiro atoms. The summed E-state index contributed by atoms with van der Waals surface area (Å²) in [6.07, 6.45) is 2.52. The first kappa shape index (κ1) is 13.9. The van der Waals surface area contributed by atoms with Crippen molar-refractivity contribution in [2.75, 3.05) is 27.2 Å². The van der Waals surface area contributed by atoms with Gasteiger partial charge in [0, 0.05) is 38.6 Å². The molecule has 110 valence electrons. The maximum absolute atomic E-state index is 12.3. The van der Waals surface area contributed by atoms with Crippen LogP contribution in [0, 0.1) is 0 Å². The number of aliphatic imine (C=N–C) groups is 1. The zero-order valence-corrected chi connectivity index (χ0v) is 12.8. The largest absolute Gasteiger partial charge is 0.372 e. The van der Waals surface area contributed by atoms with Crippen LogP contribution in [0.3, 0.4) is 0 Å². The molecule has 2 heterocycles.